The van der Waals surface area contributed by atoms with Crippen molar-refractivity contribution in [1.29, 1.82) is 0 Å². The van der Waals surface area contributed by atoms with Gasteiger partial charge in [-0.15, -0.1) is 0 Å². The Morgan fingerprint density at radius 2 is 2.15 bits per heavy atom. The third-order valence-corrected chi connectivity index (χ3v) is 2.65. The molecule has 1 unspecified atom stereocenters. The predicted octanol–water partition coefficient (Wildman–Crippen LogP) is 1.56. The highest BCUT2D eigenvalue weighted by Crippen LogP contribution is 2.24. The summed E-state index contributed by atoms with van der Waals surface area (Å²) in [6.07, 6.45) is 0. The van der Waals surface area contributed by atoms with Gasteiger partial charge in [0, 0.05) is 6.07 Å². The second-order valence-electron chi connectivity index (χ2n) is 4.63. The lowest BCUT2D eigenvalue weighted by Gasteiger charge is -2.22. The van der Waals surface area contributed by atoms with Crippen LogP contribution in [0.2, 0.25) is 0 Å². The lowest BCUT2D eigenvalue weighted by molar-refractivity contribution is -0.385. The summed E-state index contributed by atoms with van der Waals surface area (Å²) >= 11 is 0. The van der Waals surface area contributed by atoms with Crippen molar-refractivity contribution >= 4 is 11.7 Å². The molecular weight excluding hydrogens is 264 g/mol. The first-order valence-corrected chi connectivity index (χ1v) is 6.12. The molecule has 0 bridgehead atoms. The number of hydrogen-bond acceptors (Lipinski definition) is 6. The van der Waals surface area contributed by atoms with E-state index in [1.54, 1.807) is 19.9 Å². The van der Waals surface area contributed by atoms with Crippen LogP contribution < -0.4 is 10.5 Å². The summed E-state index contributed by atoms with van der Waals surface area (Å²) in [4.78, 5) is 21.8. The van der Waals surface area contributed by atoms with Gasteiger partial charge in [0.05, 0.1) is 17.6 Å². The zero-order valence-corrected chi connectivity index (χ0v) is 11.7. The van der Waals surface area contributed by atoms with Gasteiger partial charge in [-0.05, 0) is 32.4 Å². The van der Waals surface area contributed by atoms with Gasteiger partial charge in [0.25, 0.3) is 5.69 Å². The molecule has 1 aromatic carbocycles. The smallest absolute Gasteiger partial charge is 0.329 e. The molecule has 0 saturated carbocycles. The monoisotopic (exact) mass is 282 g/mol. The van der Waals surface area contributed by atoms with E-state index in [2.05, 4.69) is 0 Å². The van der Waals surface area contributed by atoms with Crippen LogP contribution in [0.5, 0.6) is 5.75 Å². The summed E-state index contributed by atoms with van der Waals surface area (Å²) in [5, 5.41) is 10.7. The zero-order chi connectivity index (χ0) is 15.3. The van der Waals surface area contributed by atoms with Crippen LogP contribution in [0.1, 0.15) is 19.4 Å². The van der Waals surface area contributed by atoms with E-state index in [0.717, 1.165) is 5.56 Å². The normalized spacial score (nSPS) is 13.4. The Morgan fingerprint density at radius 1 is 1.50 bits per heavy atom. The Bertz CT molecular complexity index is 513. The maximum atomic E-state index is 11.6. The number of nitrogens with zero attached hydrogens (tertiary/aromatic N) is 1. The number of nitro groups is 1. The molecule has 0 heterocycles. The van der Waals surface area contributed by atoms with Crippen LogP contribution >= 0.6 is 0 Å². The first-order valence-electron chi connectivity index (χ1n) is 6.12. The fraction of sp³-hybridized carbons (Fsp3) is 0.462. The summed E-state index contributed by atoms with van der Waals surface area (Å²) in [6.45, 7) is 5.00. The molecule has 0 amide bonds. The first kappa shape index (κ1) is 15.9. The molecule has 1 rings (SSSR count). The number of carbonyl (C=O) groups is 1. The second kappa shape index (κ2) is 6.33. The van der Waals surface area contributed by atoms with E-state index >= 15 is 0 Å². The van der Waals surface area contributed by atoms with Gasteiger partial charge >= 0.3 is 5.97 Å². The average molecular weight is 282 g/mol. The summed E-state index contributed by atoms with van der Waals surface area (Å²) in [7, 11) is 0. The fourth-order valence-electron chi connectivity index (χ4n) is 1.44. The van der Waals surface area contributed by atoms with E-state index in [9.17, 15) is 14.9 Å². The van der Waals surface area contributed by atoms with E-state index in [4.69, 9.17) is 15.2 Å². The van der Waals surface area contributed by atoms with Gasteiger partial charge in [-0.2, -0.15) is 0 Å². The molecule has 0 aliphatic heterocycles. The maximum absolute atomic E-state index is 11.6. The minimum atomic E-state index is -1.31. The Kier molecular flexibility index (Phi) is 5.04. The van der Waals surface area contributed by atoms with E-state index < -0.39 is 16.4 Å². The standard InChI is InChI=1S/C13H18N2O5/c1-4-19-12(16)13(3,14)8-20-11-7-10(15(17)18)6-5-9(11)2/h5-7H,4,8,14H2,1-3H3. The van der Waals surface area contributed by atoms with Crippen LogP contribution in [0, 0.1) is 17.0 Å². The molecule has 0 aliphatic carbocycles. The lowest BCUT2D eigenvalue weighted by atomic mass is 10.1. The summed E-state index contributed by atoms with van der Waals surface area (Å²) in [6, 6.07) is 4.26. The average Bonchev–Trinajstić information content (AvgIpc) is 2.37. The summed E-state index contributed by atoms with van der Waals surface area (Å²) in [5.41, 5.74) is 5.13. The van der Waals surface area contributed by atoms with Crippen LogP contribution in [0.15, 0.2) is 18.2 Å². The second-order valence-corrected chi connectivity index (χ2v) is 4.63. The third kappa shape index (κ3) is 3.92. The van der Waals surface area contributed by atoms with Crippen LogP contribution in [-0.4, -0.2) is 29.6 Å². The minimum Gasteiger partial charge on any atom is -0.491 e. The van der Waals surface area contributed by atoms with Gasteiger partial charge in [0.1, 0.15) is 17.9 Å². The fourth-order valence-corrected chi connectivity index (χ4v) is 1.44. The maximum Gasteiger partial charge on any atom is 0.329 e. The van der Waals surface area contributed by atoms with E-state index in [1.807, 2.05) is 0 Å². The van der Waals surface area contributed by atoms with Gasteiger partial charge in [-0.3, -0.25) is 10.1 Å². The van der Waals surface area contributed by atoms with Gasteiger partial charge in [-0.1, -0.05) is 0 Å². The Balaban J connectivity index is 2.81. The van der Waals surface area contributed by atoms with Crippen molar-refractivity contribution in [3.8, 4) is 5.75 Å². The Morgan fingerprint density at radius 3 is 2.70 bits per heavy atom. The van der Waals surface area contributed by atoms with Crippen LogP contribution in [0.3, 0.4) is 0 Å². The van der Waals surface area contributed by atoms with Crippen molar-refractivity contribution in [3.63, 3.8) is 0 Å². The predicted molar refractivity (Wildman–Crippen MR) is 72.6 cm³/mol. The van der Waals surface area contributed by atoms with Crippen LogP contribution in [-0.2, 0) is 9.53 Å². The van der Waals surface area contributed by atoms with E-state index in [0.29, 0.717) is 5.75 Å². The number of hydrogen-bond donors (Lipinski definition) is 1. The molecule has 7 nitrogen and oxygen atoms in total. The number of non-ortho nitro benzene ring substituents is 1. The van der Waals surface area contributed by atoms with E-state index in [1.165, 1.54) is 19.1 Å². The molecule has 0 aromatic heterocycles. The van der Waals surface area contributed by atoms with Crippen molar-refractivity contribution in [2.45, 2.75) is 26.3 Å². The molecule has 110 valence electrons. The van der Waals surface area contributed by atoms with Crippen molar-refractivity contribution < 1.29 is 19.2 Å². The zero-order valence-electron chi connectivity index (χ0n) is 11.7. The molecule has 2 N–H and O–H groups in total. The number of ether oxygens (including phenoxy) is 2. The van der Waals surface area contributed by atoms with Crippen LogP contribution in [0.4, 0.5) is 5.69 Å². The quantitative estimate of drug-likeness (QED) is 0.482. The molecule has 20 heavy (non-hydrogen) atoms. The number of carbonyl (C=O) groups excluding carboxylic acids is 1. The van der Waals surface area contributed by atoms with Gasteiger partial charge < -0.3 is 15.2 Å². The van der Waals surface area contributed by atoms with E-state index in [-0.39, 0.29) is 18.9 Å². The van der Waals surface area contributed by atoms with Gasteiger partial charge in [-0.25, -0.2) is 4.79 Å². The molecule has 0 fully saturated rings. The molecular formula is C13H18N2O5. The highest BCUT2D eigenvalue weighted by molar-refractivity contribution is 5.80. The number of nitro benzene ring substituents is 1. The van der Waals surface area contributed by atoms with Crippen LogP contribution in [0.25, 0.3) is 0 Å². The number of nitrogens with two attached hydrogens (primary N) is 1. The molecule has 1 atom stereocenters. The highest BCUT2D eigenvalue weighted by atomic mass is 16.6. The summed E-state index contributed by atoms with van der Waals surface area (Å²) in [5.74, 6) is -0.261. The molecule has 1 aromatic rings. The Hall–Kier alpha value is -2.15. The van der Waals surface area contributed by atoms with Gasteiger partial charge in [0.2, 0.25) is 0 Å². The first-order chi connectivity index (χ1) is 9.27. The molecule has 0 saturated heterocycles. The van der Waals surface area contributed by atoms with Crippen molar-refractivity contribution in [1.82, 2.24) is 0 Å². The van der Waals surface area contributed by atoms with Crippen molar-refractivity contribution in [3.05, 3.63) is 33.9 Å². The van der Waals surface area contributed by atoms with Gasteiger partial charge in [0.15, 0.2) is 0 Å². The molecule has 0 aliphatic rings. The largest absolute Gasteiger partial charge is 0.491 e. The molecule has 7 heteroatoms. The Labute approximate surface area is 116 Å². The van der Waals surface area contributed by atoms with Crippen molar-refractivity contribution in [2.24, 2.45) is 5.73 Å². The molecule has 0 spiro atoms. The lowest BCUT2D eigenvalue weighted by Crippen LogP contribution is -2.51. The number of rotatable bonds is 6. The highest BCUT2D eigenvalue weighted by Gasteiger charge is 2.31. The van der Waals surface area contributed by atoms with Crippen molar-refractivity contribution in [2.75, 3.05) is 13.2 Å². The summed E-state index contributed by atoms with van der Waals surface area (Å²) < 4.78 is 10.3. The topological polar surface area (TPSA) is 105 Å². The number of benzene rings is 1. The third-order valence-electron chi connectivity index (χ3n) is 2.65. The molecule has 0 radical (unpaired) electrons. The number of aryl methyl sites for hydroxylation is 1. The minimum absolute atomic E-state index is 0.0829. The SMILES string of the molecule is CCOC(=O)C(C)(N)COc1cc([N+](=O)[O-])ccc1C. The number of esters is 1.